The molecular weight excluding hydrogens is 194 g/mol. The number of hydrogen-bond donors (Lipinski definition) is 3. The minimum Gasteiger partial charge on any atom is -0.508 e. The van der Waals surface area contributed by atoms with Crippen molar-refractivity contribution in [1.82, 2.24) is 0 Å². The van der Waals surface area contributed by atoms with Gasteiger partial charge in [0, 0.05) is 11.6 Å². The van der Waals surface area contributed by atoms with Crippen LogP contribution in [0.15, 0.2) is 24.3 Å². The van der Waals surface area contributed by atoms with Gasteiger partial charge in [-0.15, -0.1) is 0 Å². The molecule has 15 heavy (non-hydrogen) atoms. The van der Waals surface area contributed by atoms with Crippen molar-refractivity contribution in [2.24, 2.45) is 5.73 Å². The predicted octanol–water partition coefficient (Wildman–Crippen LogP) is 1.89. The van der Waals surface area contributed by atoms with Crippen LogP contribution in [0.5, 0.6) is 5.75 Å². The first-order chi connectivity index (χ1) is 7.11. The predicted molar refractivity (Wildman–Crippen MR) is 58.6 cm³/mol. The molecule has 0 aliphatic heterocycles. The van der Waals surface area contributed by atoms with E-state index in [4.69, 9.17) is 10.8 Å². The lowest BCUT2D eigenvalue weighted by molar-refractivity contribution is -0.137. The first-order valence-electron chi connectivity index (χ1n) is 4.86. The monoisotopic (exact) mass is 211 g/mol. The number of carboxylic acid groups (broad SMARTS) is 1. The van der Waals surface area contributed by atoms with E-state index in [1.807, 2.05) is 13.8 Å². The summed E-state index contributed by atoms with van der Waals surface area (Å²) in [5, 5.41) is 17.8. The number of benzene rings is 1. The fraction of sp³-hybridized carbons (Fsp3) is 0.364. The van der Waals surface area contributed by atoms with E-state index in [0.717, 1.165) is 0 Å². The highest BCUT2D eigenvalue weighted by molar-refractivity contribution is 5.68. The molecule has 0 aliphatic carbocycles. The molecule has 0 saturated carbocycles. The molecule has 0 spiro atoms. The summed E-state index contributed by atoms with van der Waals surface area (Å²) >= 11 is 0. The smallest absolute Gasteiger partial charge is 0.305 e. The van der Waals surface area contributed by atoms with Gasteiger partial charge in [-0.1, -0.05) is 32.0 Å². The van der Waals surface area contributed by atoms with Crippen LogP contribution in [0.4, 0.5) is 0 Å². The number of para-hydroxylation sites is 1. The molecule has 0 radical (unpaired) electrons. The van der Waals surface area contributed by atoms with Gasteiger partial charge in [-0.2, -0.15) is 0 Å². The van der Waals surface area contributed by atoms with Gasteiger partial charge in [0.15, 0.2) is 0 Å². The van der Waals surface area contributed by atoms with E-state index in [1.165, 1.54) is 6.07 Å². The summed E-state index contributed by atoms with van der Waals surface area (Å²) in [5.41, 5.74) is 6.02. The van der Waals surface area contributed by atoms with Crippen LogP contribution in [-0.2, 0) is 4.79 Å². The number of carbonyl (C=O) groups is 1. The quantitative estimate of drug-likeness (QED) is 0.713. The third-order valence-electron chi connectivity index (χ3n) is 1.73. The standard InChI is InChI=1S/C9H11NO3.C2H6/c10-7(5-9(12)13)6-3-1-2-4-8(6)11;1-2/h1-4,7,11H,5,10H2,(H,12,13);1-2H3. The molecule has 0 aromatic heterocycles. The summed E-state index contributed by atoms with van der Waals surface area (Å²) in [6.07, 6.45) is -0.183. The Labute approximate surface area is 89.4 Å². The van der Waals surface area contributed by atoms with Gasteiger partial charge in [0.1, 0.15) is 5.75 Å². The molecule has 4 N–H and O–H groups in total. The van der Waals surface area contributed by atoms with Crippen LogP contribution in [0.25, 0.3) is 0 Å². The minimum atomic E-state index is -0.976. The van der Waals surface area contributed by atoms with E-state index >= 15 is 0 Å². The zero-order valence-corrected chi connectivity index (χ0v) is 8.97. The second kappa shape index (κ2) is 6.84. The van der Waals surface area contributed by atoms with Crippen LogP contribution >= 0.6 is 0 Å². The van der Waals surface area contributed by atoms with Crippen molar-refractivity contribution in [3.8, 4) is 5.75 Å². The third-order valence-corrected chi connectivity index (χ3v) is 1.73. The molecule has 1 unspecified atom stereocenters. The molecule has 0 amide bonds. The highest BCUT2D eigenvalue weighted by atomic mass is 16.4. The van der Waals surface area contributed by atoms with Crippen molar-refractivity contribution in [1.29, 1.82) is 0 Å². The van der Waals surface area contributed by atoms with Crippen molar-refractivity contribution < 1.29 is 15.0 Å². The van der Waals surface area contributed by atoms with Crippen LogP contribution < -0.4 is 5.73 Å². The Balaban J connectivity index is 0.000000921. The Kier molecular flexibility index (Phi) is 6.13. The van der Waals surface area contributed by atoms with Gasteiger partial charge < -0.3 is 15.9 Å². The molecule has 1 aromatic rings. The molecule has 0 fully saturated rings. The van der Waals surface area contributed by atoms with Gasteiger partial charge in [-0.05, 0) is 6.07 Å². The largest absolute Gasteiger partial charge is 0.508 e. The Morgan fingerprint density at radius 2 is 1.93 bits per heavy atom. The lowest BCUT2D eigenvalue weighted by Crippen LogP contribution is -2.14. The number of nitrogens with two attached hydrogens (primary N) is 1. The van der Waals surface area contributed by atoms with Crippen LogP contribution in [0.1, 0.15) is 31.9 Å². The summed E-state index contributed by atoms with van der Waals surface area (Å²) < 4.78 is 0. The molecule has 0 heterocycles. The van der Waals surface area contributed by atoms with E-state index in [1.54, 1.807) is 18.2 Å². The number of hydrogen-bond acceptors (Lipinski definition) is 3. The summed E-state index contributed by atoms with van der Waals surface area (Å²) in [5.74, 6) is -0.938. The molecule has 84 valence electrons. The zero-order chi connectivity index (χ0) is 11.8. The summed E-state index contributed by atoms with van der Waals surface area (Å²) in [4.78, 5) is 10.3. The number of aliphatic carboxylic acids is 1. The lowest BCUT2D eigenvalue weighted by atomic mass is 10.0. The van der Waals surface area contributed by atoms with E-state index in [2.05, 4.69) is 0 Å². The summed E-state index contributed by atoms with van der Waals surface area (Å²) in [6, 6.07) is 5.81. The van der Waals surface area contributed by atoms with Gasteiger partial charge >= 0.3 is 5.97 Å². The Bertz CT molecular complexity index is 312. The van der Waals surface area contributed by atoms with Gasteiger partial charge in [0.05, 0.1) is 6.42 Å². The van der Waals surface area contributed by atoms with Gasteiger partial charge in [0.2, 0.25) is 0 Å². The van der Waals surface area contributed by atoms with Gasteiger partial charge in [0.25, 0.3) is 0 Å². The van der Waals surface area contributed by atoms with E-state index in [0.29, 0.717) is 5.56 Å². The number of aromatic hydroxyl groups is 1. The third kappa shape index (κ3) is 4.46. The number of phenols is 1. The Morgan fingerprint density at radius 3 is 2.40 bits per heavy atom. The fourth-order valence-electron chi connectivity index (χ4n) is 1.10. The lowest BCUT2D eigenvalue weighted by Gasteiger charge is -2.10. The molecule has 4 heteroatoms. The van der Waals surface area contributed by atoms with Crippen LogP contribution in [0, 0.1) is 0 Å². The molecule has 0 saturated heterocycles. The van der Waals surface area contributed by atoms with E-state index < -0.39 is 12.0 Å². The maximum Gasteiger partial charge on any atom is 0.305 e. The topological polar surface area (TPSA) is 83.6 Å². The fourth-order valence-corrected chi connectivity index (χ4v) is 1.10. The number of rotatable bonds is 3. The second-order valence-corrected chi connectivity index (χ2v) is 2.76. The highest BCUT2D eigenvalue weighted by Gasteiger charge is 2.13. The minimum absolute atomic E-state index is 0.0382. The number of carboxylic acids is 1. The number of phenolic OH excluding ortho intramolecular Hbond substituents is 1. The molecule has 1 atom stereocenters. The summed E-state index contributed by atoms with van der Waals surface area (Å²) in [6.45, 7) is 4.00. The average molecular weight is 211 g/mol. The Morgan fingerprint density at radius 1 is 1.40 bits per heavy atom. The van der Waals surface area contributed by atoms with Crippen molar-refractivity contribution in [2.45, 2.75) is 26.3 Å². The first kappa shape index (κ1) is 13.4. The molecule has 0 aliphatic rings. The maximum atomic E-state index is 10.3. The molecule has 1 aromatic carbocycles. The van der Waals surface area contributed by atoms with Crippen LogP contribution in [0.2, 0.25) is 0 Å². The van der Waals surface area contributed by atoms with E-state index in [9.17, 15) is 9.90 Å². The first-order valence-corrected chi connectivity index (χ1v) is 4.86. The average Bonchev–Trinajstić information content (AvgIpc) is 2.20. The maximum absolute atomic E-state index is 10.3. The van der Waals surface area contributed by atoms with Crippen molar-refractivity contribution in [3.63, 3.8) is 0 Å². The van der Waals surface area contributed by atoms with Gasteiger partial charge in [-0.25, -0.2) is 0 Å². The summed E-state index contributed by atoms with van der Waals surface area (Å²) in [7, 11) is 0. The van der Waals surface area contributed by atoms with Crippen molar-refractivity contribution >= 4 is 5.97 Å². The normalized spacial score (nSPS) is 11.1. The Hall–Kier alpha value is -1.55. The SMILES string of the molecule is CC.NC(CC(=O)O)c1ccccc1O. The van der Waals surface area contributed by atoms with Crippen LogP contribution in [-0.4, -0.2) is 16.2 Å². The van der Waals surface area contributed by atoms with E-state index in [-0.39, 0.29) is 12.2 Å². The molecule has 0 bridgehead atoms. The second-order valence-electron chi connectivity index (χ2n) is 2.76. The molecule has 4 nitrogen and oxygen atoms in total. The van der Waals surface area contributed by atoms with Crippen molar-refractivity contribution in [3.05, 3.63) is 29.8 Å². The molecule has 1 rings (SSSR count). The highest BCUT2D eigenvalue weighted by Crippen LogP contribution is 2.23. The zero-order valence-electron chi connectivity index (χ0n) is 8.97. The van der Waals surface area contributed by atoms with Gasteiger partial charge in [-0.3, -0.25) is 4.79 Å². The van der Waals surface area contributed by atoms with Crippen LogP contribution in [0.3, 0.4) is 0 Å². The molecular formula is C11H17NO3. The van der Waals surface area contributed by atoms with Crippen molar-refractivity contribution in [2.75, 3.05) is 0 Å².